The normalized spacial score (nSPS) is 11.6. The molecule has 31 heavy (non-hydrogen) atoms. The molecule has 0 radical (unpaired) electrons. The molecule has 2 amide bonds. The molecule has 0 aliphatic heterocycles. The van der Waals surface area contributed by atoms with Gasteiger partial charge in [0.2, 0.25) is 5.91 Å². The van der Waals surface area contributed by atoms with Gasteiger partial charge in [-0.3, -0.25) is 14.4 Å². The van der Waals surface area contributed by atoms with Crippen LogP contribution in [0.1, 0.15) is 51.3 Å². The third-order valence-corrected chi connectivity index (χ3v) is 5.18. The van der Waals surface area contributed by atoms with E-state index in [1.807, 2.05) is 69.3 Å². The summed E-state index contributed by atoms with van der Waals surface area (Å²) >= 11 is 0. The number of amides is 2. The number of aromatic amines is 1. The van der Waals surface area contributed by atoms with Gasteiger partial charge in [-0.2, -0.15) is 0 Å². The second-order valence-corrected chi connectivity index (χ2v) is 7.70. The molecule has 0 spiro atoms. The number of carbonyl (C=O) groups excluding carboxylic acids is 2. The lowest BCUT2D eigenvalue weighted by Gasteiger charge is -2.15. The summed E-state index contributed by atoms with van der Waals surface area (Å²) in [6.45, 7) is 5.74. The third kappa shape index (κ3) is 5.92. The van der Waals surface area contributed by atoms with Gasteiger partial charge >= 0.3 is 0 Å². The lowest BCUT2D eigenvalue weighted by Crippen LogP contribution is -2.29. The van der Waals surface area contributed by atoms with Gasteiger partial charge in [-0.05, 0) is 55.7 Å². The first-order chi connectivity index (χ1) is 14.8. The Morgan fingerprint density at radius 3 is 2.32 bits per heavy atom. The zero-order valence-electron chi connectivity index (χ0n) is 18.0. The van der Waals surface area contributed by atoms with Crippen molar-refractivity contribution in [1.82, 2.24) is 15.6 Å². The molecule has 0 bridgehead atoms. The molecule has 0 fully saturated rings. The molecule has 6 heteroatoms. The molecule has 1 unspecified atom stereocenters. The molecular formula is C25H27N3O3. The van der Waals surface area contributed by atoms with Gasteiger partial charge in [0, 0.05) is 23.4 Å². The Bertz CT molecular complexity index is 1120. The van der Waals surface area contributed by atoms with Crippen LogP contribution in [0.3, 0.4) is 0 Å². The Labute approximate surface area is 181 Å². The van der Waals surface area contributed by atoms with E-state index in [4.69, 9.17) is 0 Å². The van der Waals surface area contributed by atoms with E-state index < -0.39 is 0 Å². The summed E-state index contributed by atoms with van der Waals surface area (Å²) in [5.41, 5.74) is 4.35. The quantitative estimate of drug-likeness (QED) is 0.551. The van der Waals surface area contributed by atoms with Gasteiger partial charge in [0.15, 0.2) is 0 Å². The number of H-pyrrole nitrogens is 1. The minimum absolute atomic E-state index is 0.0563. The van der Waals surface area contributed by atoms with Crippen LogP contribution >= 0.6 is 0 Å². The number of pyridine rings is 1. The van der Waals surface area contributed by atoms with Gasteiger partial charge in [0.25, 0.3) is 11.5 Å². The summed E-state index contributed by atoms with van der Waals surface area (Å²) in [6.07, 6.45) is 0.323. The molecule has 3 rings (SSSR count). The van der Waals surface area contributed by atoms with Crippen LogP contribution < -0.4 is 16.2 Å². The Kier molecular flexibility index (Phi) is 7.03. The van der Waals surface area contributed by atoms with E-state index in [-0.39, 0.29) is 30.0 Å². The van der Waals surface area contributed by atoms with Gasteiger partial charge in [0.1, 0.15) is 0 Å². The van der Waals surface area contributed by atoms with Crippen molar-refractivity contribution in [3.8, 4) is 0 Å². The lowest BCUT2D eigenvalue weighted by molar-refractivity contribution is -0.121. The maximum atomic E-state index is 12.5. The average molecular weight is 418 g/mol. The van der Waals surface area contributed by atoms with Crippen molar-refractivity contribution in [2.24, 2.45) is 0 Å². The van der Waals surface area contributed by atoms with E-state index in [0.717, 1.165) is 22.4 Å². The number of nitrogens with one attached hydrogen (secondary N) is 3. The number of aryl methyl sites for hydroxylation is 2. The van der Waals surface area contributed by atoms with E-state index in [1.54, 1.807) is 12.1 Å². The highest BCUT2D eigenvalue weighted by Gasteiger charge is 2.13. The molecule has 3 N–H and O–H groups in total. The average Bonchev–Trinajstić information content (AvgIpc) is 2.73. The molecule has 1 aromatic heterocycles. The minimum atomic E-state index is -0.258. The van der Waals surface area contributed by atoms with E-state index >= 15 is 0 Å². The first-order valence-electron chi connectivity index (χ1n) is 10.2. The Hall–Kier alpha value is -3.67. The molecule has 6 nitrogen and oxygen atoms in total. The van der Waals surface area contributed by atoms with Crippen molar-refractivity contribution in [3.05, 3.63) is 105 Å². The second-order valence-electron chi connectivity index (χ2n) is 7.70. The van der Waals surface area contributed by atoms with Gasteiger partial charge in [-0.1, -0.05) is 42.5 Å². The van der Waals surface area contributed by atoms with Crippen molar-refractivity contribution in [1.29, 1.82) is 0 Å². The third-order valence-electron chi connectivity index (χ3n) is 5.18. The molecular weight excluding hydrogens is 390 g/mol. The molecule has 0 aliphatic rings. The van der Waals surface area contributed by atoms with Crippen molar-refractivity contribution in [2.75, 3.05) is 0 Å². The van der Waals surface area contributed by atoms with Crippen molar-refractivity contribution < 1.29 is 9.59 Å². The maximum Gasteiger partial charge on any atom is 0.253 e. The first-order valence-corrected chi connectivity index (χ1v) is 10.2. The van der Waals surface area contributed by atoms with Crippen molar-refractivity contribution in [3.63, 3.8) is 0 Å². The summed E-state index contributed by atoms with van der Waals surface area (Å²) in [5.74, 6) is -0.314. The SMILES string of the molecule is Cc1cc(C)c(CNC(=O)c2ccc(C(C)NC(=O)Cc3ccccc3)cc2)c(=O)[nH]1. The monoisotopic (exact) mass is 417 g/mol. The number of rotatable bonds is 7. The topological polar surface area (TPSA) is 91.1 Å². The van der Waals surface area contributed by atoms with E-state index in [9.17, 15) is 14.4 Å². The summed E-state index contributed by atoms with van der Waals surface area (Å²) in [6, 6.07) is 18.4. The fraction of sp³-hybridized carbons (Fsp3) is 0.240. The van der Waals surface area contributed by atoms with Crippen LogP contribution in [-0.4, -0.2) is 16.8 Å². The summed E-state index contributed by atoms with van der Waals surface area (Å²) < 4.78 is 0. The fourth-order valence-electron chi connectivity index (χ4n) is 3.45. The number of hydrogen-bond donors (Lipinski definition) is 3. The van der Waals surface area contributed by atoms with Crippen LogP contribution in [0.25, 0.3) is 0 Å². The highest BCUT2D eigenvalue weighted by molar-refractivity contribution is 5.94. The van der Waals surface area contributed by atoms with Gasteiger partial charge < -0.3 is 15.6 Å². The number of aromatic nitrogens is 1. The molecule has 1 atom stereocenters. The number of benzene rings is 2. The number of carbonyl (C=O) groups is 2. The molecule has 160 valence electrons. The fourth-order valence-corrected chi connectivity index (χ4v) is 3.45. The molecule has 0 saturated carbocycles. The van der Waals surface area contributed by atoms with E-state index in [1.165, 1.54) is 0 Å². The molecule has 2 aromatic carbocycles. The Morgan fingerprint density at radius 1 is 1.00 bits per heavy atom. The van der Waals surface area contributed by atoms with Gasteiger partial charge in [-0.25, -0.2) is 0 Å². The van der Waals surface area contributed by atoms with Gasteiger partial charge in [0.05, 0.1) is 12.5 Å². The minimum Gasteiger partial charge on any atom is -0.349 e. The molecule has 0 saturated heterocycles. The van der Waals surface area contributed by atoms with Crippen LogP contribution in [-0.2, 0) is 17.8 Å². The Morgan fingerprint density at radius 2 is 1.68 bits per heavy atom. The zero-order valence-corrected chi connectivity index (χ0v) is 18.0. The van der Waals surface area contributed by atoms with Crippen LogP contribution in [0.2, 0.25) is 0 Å². The second kappa shape index (κ2) is 9.89. The molecule has 3 aromatic rings. The van der Waals surface area contributed by atoms with E-state index in [0.29, 0.717) is 17.5 Å². The van der Waals surface area contributed by atoms with Crippen molar-refractivity contribution >= 4 is 11.8 Å². The smallest absolute Gasteiger partial charge is 0.253 e. The zero-order chi connectivity index (χ0) is 22.4. The number of hydrogen-bond acceptors (Lipinski definition) is 3. The molecule has 0 aliphatic carbocycles. The van der Waals surface area contributed by atoms with E-state index in [2.05, 4.69) is 15.6 Å². The molecule has 1 heterocycles. The summed E-state index contributed by atoms with van der Waals surface area (Å²) in [4.78, 5) is 39.6. The summed E-state index contributed by atoms with van der Waals surface area (Å²) in [7, 11) is 0. The largest absolute Gasteiger partial charge is 0.349 e. The predicted molar refractivity (Wildman–Crippen MR) is 121 cm³/mol. The van der Waals surface area contributed by atoms with Crippen LogP contribution in [0.15, 0.2) is 65.5 Å². The first kappa shape index (κ1) is 22.0. The van der Waals surface area contributed by atoms with Crippen LogP contribution in [0, 0.1) is 13.8 Å². The summed E-state index contributed by atoms with van der Waals surface area (Å²) in [5, 5.41) is 5.78. The van der Waals surface area contributed by atoms with Crippen LogP contribution in [0.5, 0.6) is 0 Å². The standard InChI is InChI=1S/C25H27N3O3/c1-16-13-17(2)27-25(31)22(16)15-26-24(30)21-11-9-20(10-12-21)18(3)28-23(29)14-19-7-5-4-6-8-19/h4-13,18H,14-15H2,1-3H3,(H,26,30)(H,27,31)(H,28,29). The van der Waals surface area contributed by atoms with Crippen LogP contribution in [0.4, 0.5) is 0 Å². The Balaban J connectivity index is 1.57. The maximum absolute atomic E-state index is 12.5. The highest BCUT2D eigenvalue weighted by atomic mass is 16.2. The highest BCUT2D eigenvalue weighted by Crippen LogP contribution is 2.14. The lowest BCUT2D eigenvalue weighted by atomic mass is 10.0. The van der Waals surface area contributed by atoms with Crippen molar-refractivity contribution in [2.45, 2.75) is 39.8 Å². The van der Waals surface area contributed by atoms with Gasteiger partial charge in [-0.15, -0.1) is 0 Å². The predicted octanol–water partition coefficient (Wildman–Crippen LogP) is 3.34.